The van der Waals surface area contributed by atoms with Gasteiger partial charge in [-0.15, -0.1) is 0 Å². The maximum Gasteiger partial charge on any atom is 0.341 e. The summed E-state index contributed by atoms with van der Waals surface area (Å²) in [7, 11) is 1.71. The Labute approximate surface area is 213 Å². The molecule has 190 valence electrons. The second-order valence-electron chi connectivity index (χ2n) is 9.59. The van der Waals surface area contributed by atoms with E-state index in [1.54, 1.807) is 11.7 Å². The average Bonchev–Trinajstić information content (AvgIpc) is 3.68. The molecular formula is C28H28N4O5. The molecule has 2 aliphatic heterocycles. The number of methoxy groups -OCH3 is 1. The third-order valence-corrected chi connectivity index (χ3v) is 7.30. The van der Waals surface area contributed by atoms with Gasteiger partial charge >= 0.3 is 5.97 Å². The highest BCUT2D eigenvalue weighted by molar-refractivity contribution is 5.88. The molecule has 1 atom stereocenters. The maximum atomic E-state index is 12.7. The largest absolute Gasteiger partial charge is 0.477 e. The zero-order valence-electron chi connectivity index (χ0n) is 20.6. The number of fused-ring (bicyclic) bond motifs is 1. The lowest BCUT2D eigenvalue weighted by Gasteiger charge is -2.19. The smallest absolute Gasteiger partial charge is 0.341 e. The molecule has 2 aromatic heterocycles. The van der Waals surface area contributed by atoms with Crippen LogP contribution in [0.4, 0.5) is 11.7 Å². The van der Waals surface area contributed by atoms with Crippen molar-refractivity contribution in [2.45, 2.75) is 25.4 Å². The topological polar surface area (TPSA) is 101 Å². The number of hydrogen-bond acceptors (Lipinski definition) is 7. The van der Waals surface area contributed by atoms with Crippen LogP contribution in [-0.4, -0.2) is 60.0 Å². The standard InChI is InChI=1S/C28H28N4O5/c1-36-21-10-13-31(16-21)28-29-23-9-8-20(14-26(23)37-28)32-17-22(27(34)35)25(33)15-24(32)18-4-6-19(7-5-18)30-11-2-3-12-30/h4-9,14-15,17,21H,2-3,10-13,16H2,1H3,(H,34,35)/t21-/m1/s1. The Morgan fingerprint density at radius 3 is 2.49 bits per heavy atom. The SMILES string of the molecule is CO[C@@H]1CCN(c2nc3ccc(-n4cc(C(=O)O)c(=O)cc4-c4ccc(N5CCCC5)cc4)cc3o2)C1. The first kappa shape index (κ1) is 23.3. The van der Waals surface area contributed by atoms with Gasteiger partial charge in [0.1, 0.15) is 11.1 Å². The first-order chi connectivity index (χ1) is 18.0. The van der Waals surface area contributed by atoms with Crippen molar-refractivity contribution in [2.75, 3.05) is 43.1 Å². The summed E-state index contributed by atoms with van der Waals surface area (Å²) in [6, 6.07) is 15.5. The number of carboxylic acid groups (broad SMARTS) is 1. The zero-order chi connectivity index (χ0) is 25.5. The number of carbonyl (C=O) groups is 1. The Balaban J connectivity index is 1.41. The third-order valence-electron chi connectivity index (χ3n) is 7.30. The van der Waals surface area contributed by atoms with Crippen molar-refractivity contribution in [3.8, 4) is 16.9 Å². The number of nitrogens with zero attached hydrogens (tertiary/aromatic N) is 4. The molecule has 0 bridgehead atoms. The Kier molecular flexibility index (Phi) is 5.92. The van der Waals surface area contributed by atoms with Crippen LogP contribution in [0.5, 0.6) is 0 Å². The van der Waals surface area contributed by atoms with Crippen LogP contribution < -0.4 is 15.2 Å². The number of benzene rings is 2. The Hall–Kier alpha value is -4.11. The van der Waals surface area contributed by atoms with Gasteiger partial charge in [0.25, 0.3) is 6.01 Å². The predicted molar refractivity (Wildman–Crippen MR) is 141 cm³/mol. The van der Waals surface area contributed by atoms with Crippen LogP contribution in [0.1, 0.15) is 29.6 Å². The van der Waals surface area contributed by atoms with Gasteiger partial charge in [-0.25, -0.2) is 4.79 Å². The van der Waals surface area contributed by atoms with Gasteiger partial charge in [0.05, 0.1) is 11.8 Å². The number of carboxylic acids is 1. The van der Waals surface area contributed by atoms with E-state index in [1.165, 1.54) is 25.1 Å². The number of anilines is 2. The molecule has 1 N–H and O–H groups in total. The molecular weight excluding hydrogens is 472 g/mol. The van der Waals surface area contributed by atoms with E-state index >= 15 is 0 Å². The van der Waals surface area contributed by atoms with Gasteiger partial charge in [0, 0.05) is 63.0 Å². The van der Waals surface area contributed by atoms with Crippen molar-refractivity contribution in [2.24, 2.45) is 0 Å². The van der Waals surface area contributed by atoms with Crippen LogP contribution in [0.2, 0.25) is 0 Å². The van der Waals surface area contributed by atoms with Crippen LogP contribution in [0.15, 0.2) is 63.9 Å². The van der Waals surface area contributed by atoms with Gasteiger partial charge in [0.2, 0.25) is 0 Å². The Bertz CT molecular complexity index is 1520. The molecule has 0 aliphatic carbocycles. The zero-order valence-corrected chi connectivity index (χ0v) is 20.6. The maximum absolute atomic E-state index is 12.7. The summed E-state index contributed by atoms with van der Waals surface area (Å²) in [4.78, 5) is 33.5. The summed E-state index contributed by atoms with van der Waals surface area (Å²) >= 11 is 0. The van der Waals surface area contributed by atoms with E-state index in [0.29, 0.717) is 28.5 Å². The highest BCUT2D eigenvalue weighted by atomic mass is 16.5. The van der Waals surface area contributed by atoms with Crippen LogP contribution in [0.3, 0.4) is 0 Å². The monoisotopic (exact) mass is 500 g/mol. The van der Waals surface area contributed by atoms with E-state index in [0.717, 1.165) is 43.9 Å². The summed E-state index contributed by atoms with van der Waals surface area (Å²) in [6.07, 6.45) is 4.83. The molecule has 2 saturated heterocycles. The van der Waals surface area contributed by atoms with Gasteiger partial charge in [0.15, 0.2) is 11.0 Å². The van der Waals surface area contributed by atoms with E-state index in [4.69, 9.17) is 9.15 Å². The van der Waals surface area contributed by atoms with Crippen molar-refractivity contribution in [1.29, 1.82) is 0 Å². The third kappa shape index (κ3) is 4.35. The number of aromatic carboxylic acids is 1. The highest BCUT2D eigenvalue weighted by Crippen LogP contribution is 2.30. The molecule has 0 saturated carbocycles. The minimum Gasteiger partial charge on any atom is -0.477 e. The van der Waals surface area contributed by atoms with Crippen molar-refractivity contribution in [3.05, 3.63) is 70.5 Å². The van der Waals surface area contributed by atoms with Gasteiger partial charge in [-0.1, -0.05) is 12.1 Å². The minimum atomic E-state index is -1.26. The Morgan fingerprint density at radius 1 is 1.03 bits per heavy atom. The number of ether oxygens (including phenoxy) is 1. The van der Waals surface area contributed by atoms with Crippen LogP contribution in [0.25, 0.3) is 28.0 Å². The summed E-state index contributed by atoms with van der Waals surface area (Å²) < 4.78 is 13.3. The second-order valence-corrected chi connectivity index (χ2v) is 9.59. The molecule has 9 nitrogen and oxygen atoms in total. The predicted octanol–water partition coefficient (Wildman–Crippen LogP) is 4.17. The minimum absolute atomic E-state index is 0.153. The van der Waals surface area contributed by atoms with E-state index in [-0.39, 0.29) is 11.7 Å². The fourth-order valence-corrected chi connectivity index (χ4v) is 5.23. The molecule has 0 unspecified atom stereocenters. The first-order valence-corrected chi connectivity index (χ1v) is 12.5. The summed E-state index contributed by atoms with van der Waals surface area (Å²) in [5.74, 6) is -1.26. The van der Waals surface area contributed by atoms with Gasteiger partial charge < -0.3 is 28.6 Å². The fraction of sp³-hybridized carbons (Fsp3) is 0.321. The van der Waals surface area contributed by atoms with Gasteiger partial charge in [-0.3, -0.25) is 4.79 Å². The highest BCUT2D eigenvalue weighted by Gasteiger charge is 2.26. The van der Waals surface area contributed by atoms with Gasteiger partial charge in [-0.05, 0) is 49.1 Å². The quantitative estimate of drug-likeness (QED) is 0.421. The molecule has 2 aliphatic rings. The number of rotatable bonds is 6. The molecule has 6 rings (SSSR count). The number of aromatic nitrogens is 2. The molecule has 0 amide bonds. The molecule has 0 spiro atoms. The van der Waals surface area contributed by atoms with Crippen molar-refractivity contribution < 1.29 is 19.1 Å². The lowest BCUT2D eigenvalue weighted by molar-refractivity contribution is 0.0695. The molecule has 9 heteroatoms. The van der Waals surface area contributed by atoms with Crippen molar-refractivity contribution in [3.63, 3.8) is 0 Å². The van der Waals surface area contributed by atoms with Crippen LogP contribution >= 0.6 is 0 Å². The van der Waals surface area contributed by atoms with Gasteiger partial charge in [-0.2, -0.15) is 4.98 Å². The van der Waals surface area contributed by atoms with Crippen molar-refractivity contribution >= 4 is 28.8 Å². The van der Waals surface area contributed by atoms with Crippen LogP contribution in [0, 0.1) is 0 Å². The Morgan fingerprint density at radius 2 is 1.78 bits per heavy atom. The molecule has 4 aromatic rings. The van der Waals surface area contributed by atoms with E-state index in [2.05, 4.69) is 26.9 Å². The lowest BCUT2D eigenvalue weighted by atomic mass is 10.1. The molecule has 37 heavy (non-hydrogen) atoms. The molecule has 2 fully saturated rings. The molecule has 4 heterocycles. The summed E-state index contributed by atoms with van der Waals surface area (Å²) in [6.45, 7) is 3.60. The van der Waals surface area contributed by atoms with Crippen molar-refractivity contribution in [1.82, 2.24) is 9.55 Å². The number of oxazole rings is 1. The summed E-state index contributed by atoms with van der Waals surface area (Å²) in [5.41, 5.74) is 3.70. The van der Waals surface area contributed by atoms with E-state index in [9.17, 15) is 14.7 Å². The van der Waals surface area contributed by atoms with E-state index < -0.39 is 11.4 Å². The summed E-state index contributed by atoms with van der Waals surface area (Å²) in [5, 5.41) is 9.63. The number of pyridine rings is 1. The molecule has 0 radical (unpaired) electrons. The second kappa shape index (κ2) is 9.40. The fourth-order valence-electron chi connectivity index (χ4n) is 5.23. The first-order valence-electron chi connectivity index (χ1n) is 12.5. The van der Waals surface area contributed by atoms with Crippen LogP contribution in [-0.2, 0) is 4.74 Å². The lowest BCUT2D eigenvalue weighted by Crippen LogP contribution is -2.22. The average molecular weight is 501 g/mol. The molecule has 2 aromatic carbocycles. The van der Waals surface area contributed by atoms with E-state index in [1.807, 2.05) is 30.3 Å². The normalized spacial score (nSPS) is 17.7. The number of hydrogen-bond donors (Lipinski definition) is 1.